The summed E-state index contributed by atoms with van der Waals surface area (Å²) >= 11 is 0. The summed E-state index contributed by atoms with van der Waals surface area (Å²) in [6.45, 7) is 0. The van der Waals surface area contributed by atoms with Crippen LogP contribution in [-0.4, -0.2) is 42.7 Å². The van der Waals surface area contributed by atoms with E-state index in [4.69, 9.17) is 9.15 Å². The monoisotopic (exact) mass is 363 g/mol. The Morgan fingerprint density at radius 3 is 3.00 bits per heavy atom. The van der Waals surface area contributed by atoms with E-state index in [0.29, 0.717) is 22.8 Å². The van der Waals surface area contributed by atoms with Gasteiger partial charge in [-0.2, -0.15) is 4.98 Å². The molecular formula is C17H13N7O3. The zero-order chi connectivity index (χ0) is 18.6. The molecular weight excluding hydrogens is 350 g/mol. The largest absolute Gasteiger partial charge is 0.497 e. The highest BCUT2D eigenvalue weighted by atomic mass is 16.5. The molecule has 0 aliphatic heterocycles. The van der Waals surface area contributed by atoms with E-state index in [9.17, 15) is 4.79 Å². The molecule has 4 rings (SSSR count). The predicted molar refractivity (Wildman–Crippen MR) is 93.4 cm³/mol. The Morgan fingerprint density at radius 1 is 1.26 bits per heavy atom. The smallest absolute Gasteiger partial charge is 0.302 e. The van der Waals surface area contributed by atoms with E-state index >= 15 is 0 Å². The number of oxazole rings is 1. The number of amides is 1. The zero-order valence-electron chi connectivity index (χ0n) is 14.1. The van der Waals surface area contributed by atoms with E-state index in [0.717, 1.165) is 0 Å². The number of hydrogen-bond acceptors (Lipinski definition) is 8. The highest BCUT2D eigenvalue weighted by Crippen LogP contribution is 2.22. The number of nitrogens with zero attached hydrogens (tertiary/aromatic N) is 6. The Kier molecular flexibility index (Phi) is 4.27. The van der Waals surface area contributed by atoms with Crippen molar-refractivity contribution in [2.24, 2.45) is 0 Å². The van der Waals surface area contributed by atoms with Crippen LogP contribution in [0.1, 0.15) is 10.6 Å². The molecule has 4 heterocycles. The van der Waals surface area contributed by atoms with Gasteiger partial charge < -0.3 is 9.15 Å². The van der Waals surface area contributed by atoms with Gasteiger partial charge >= 0.3 is 6.01 Å². The maximum absolute atomic E-state index is 12.5. The van der Waals surface area contributed by atoms with Crippen LogP contribution in [-0.2, 0) is 0 Å². The van der Waals surface area contributed by atoms with E-state index in [2.05, 4.69) is 30.5 Å². The summed E-state index contributed by atoms with van der Waals surface area (Å²) in [5.41, 5.74) is 1.66. The van der Waals surface area contributed by atoms with Crippen LogP contribution in [0.3, 0.4) is 0 Å². The first-order valence-electron chi connectivity index (χ1n) is 7.82. The highest BCUT2D eigenvalue weighted by Gasteiger charge is 2.18. The Labute approximate surface area is 152 Å². The lowest BCUT2D eigenvalue weighted by Gasteiger charge is -2.04. The molecule has 0 aromatic carbocycles. The molecule has 0 spiro atoms. The zero-order valence-corrected chi connectivity index (χ0v) is 14.1. The van der Waals surface area contributed by atoms with Gasteiger partial charge in [-0.3, -0.25) is 24.6 Å². The number of rotatable bonds is 5. The normalized spacial score (nSPS) is 10.6. The summed E-state index contributed by atoms with van der Waals surface area (Å²) in [5, 5.41) is 10.2. The van der Waals surface area contributed by atoms with Crippen molar-refractivity contribution in [2.45, 2.75) is 0 Å². The molecule has 4 aromatic heterocycles. The van der Waals surface area contributed by atoms with Crippen molar-refractivity contribution in [2.75, 3.05) is 12.4 Å². The van der Waals surface area contributed by atoms with Gasteiger partial charge in [0.1, 0.15) is 24.0 Å². The second-order valence-electron chi connectivity index (χ2n) is 5.31. The van der Waals surface area contributed by atoms with Gasteiger partial charge in [0.2, 0.25) is 5.82 Å². The number of nitrogens with one attached hydrogen (secondary N) is 1. The topological polar surface area (TPSA) is 121 Å². The summed E-state index contributed by atoms with van der Waals surface area (Å²) < 4.78 is 12.0. The van der Waals surface area contributed by atoms with E-state index in [1.807, 2.05) is 0 Å². The van der Waals surface area contributed by atoms with E-state index in [-0.39, 0.29) is 11.8 Å². The number of carbonyl (C=O) groups is 1. The lowest BCUT2D eigenvalue weighted by atomic mass is 10.3. The van der Waals surface area contributed by atoms with E-state index < -0.39 is 5.91 Å². The average Bonchev–Trinajstić information content (AvgIpc) is 3.38. The minimum atomic E-state index is -0.525. The molecule has 1 N–H and O–H groups in total. The minimum absolute atomic E-state index is 0.0142. The molecule has 1 amide bonds. The number of ether oxygens (including phenoxy) is 1. The Hall–Kier alpha value is -4.08. The molecule has 0 aliphatic rings. The Bertz CT molecular complexity index is 1070. The van der Waals surface area contributed by atoms with Crippen LogP contribution >= 0.6 is 0 Å². The van der Waals surface area contributed by atoms with Crippen molar-refractivity contribution in [3.8, 4) is 22.8 Å². The number of pyridine rings is 2. The Balaban J connectivity index is 1.55. The molecule has 0 unspecified atom stereocenters. The van der Waals surface area contributed by atoms with Gasteiger partial charge in [0.15, 0.2) is 0 Å². The lowest BCUT2D eigenvalue weighted by Crippen LogP contribution is -2.17. The maximum Gasteiger partial charge on any atom is 0.302 e. The maximum atomic E-state index is 12.5. The molecule has 0 bridgehead atoms. The third-order valence-electron chi connectivity index (χ3n) is 3.63. The van der Waals surface area contributed by atoms with E-state index in [1.54, 1.807) is 50.0 Å². The third kappa shape index (κ3) is 3.35. The molecule has 0 radical (unpaired) electrons. The first-order chi connectivity index (χ1) is 13.2. The molecule has 0 atom stereocenters. The van der Waals surface area contributed by atoms with Crippen LogP contribution in [0.15, 0.2) is 59.9 Å². The molecule has 134 valence electrons. The molecule has 27 heavy (non-hydrogen) atoms. The third-order valence-corrected chi connectivity index (χ3v) is 3.63. The summed E-state index contributed by atoms with van der Waals surface area (Å²) in [4.78, 5) is 25.0. The van der Waals surface area contributed by atoms with Crippen LogP contribution < -0.4 is 10.1 Å². The van der Waals surface area contributed by atoms with Crippen molar-refractivity contribution in [1.29, 1.82) is 0 Å². The molecule has 0 fully saturated rings. The fraction of sp³-hybridized carbons (Fsp3) is 0.0588. The highest BCUT2D eigenvalue weighted by molar-refractivity contribution is 6.00. The van der Waals surface area contributed by atoms with Gasteiger partial charge in [0.25, 0.3) is 5.91 Å². The number of methoxy groups -OCH3 is 1. The van der Waals surface area contributed by atoms with Gasteiger partial charge in [-0.1, -0.05) is 0 Å². The van der Waals surface area contributed by atoms with Crippen LogP contribution in [0.25, 0.3) is 17.1 Å². The fourth-order valence-electron chi connectivity index (χ4n) is 2.36. The van der Waals surface area contributed by atoms with Gasteiger partial charge in [0, 0.05) is 18.5 Å². The summed E-state index contributed by atoms with van der Waals surface area (Å²) in [6.07, 6.45) is 7.64. The predicted octanol–water partition coefficient (Wildman–Crippen LogP) is 1.97. The van der Waals surface area contributed by atoms with E-state index in [1.165, 1.54) is 17.2 Å². The van der Waals surface area contributed by atoms with Gasteiger partial charge in [-0.25, -0.2) is 0 Å². The molecule has 0 aliphatic carbocycles. The van der Waals surface area contributed by atoms with Gasteiger partial charge in [-0.15, -0.1) is 10.2 Å². The van der Waals surface area contributed by atoms with Gasteiger partial charge in [-0.05, 0) is 18.2 Å². The van der Waals surface area contributed by atoms with Gasteiger partial charge in [0.05, 0.1) is 24.7 Å². The minimum Gasteiger partial charge on any atom is -0.497 e. The van der Waals surface area contributed by atoms with Crippen molar-refractivity contribution >= 4 is 11.9 Å². The van der Waals surface area contributed by atoms with Crippen molar-refractivity contribution in [3.63, 3.8) is 0 Å². The summed E-state index contributed by atoms with van der Waals surface area (Å²) in [5.74, 6) is 0.184. The first kappa shape index (κ1) is 16.4. The second kappa shape index (κ2) is 7.04. The van der Waals surface area contributed by atoms with Crippen LogP contribution in [0.4, 0.5) is 6.01 Å². The number of anilines is 1. The van der Waals surface area contributed by atoms with Crippen molar-refractivity contribution in [1.82, 2.24) is 29.7 Å². The fourth-order valence-corrected chi connectivity index (χ4v) is 2.36. The first-order valence-corrected chi connectivity index (χ1v) is 7.82. The van der Waals surface area contributed by atoms with Crippen molar-refractivity contribution in [3.05, 3.63) is 61.3 Å². The molecule has 4 aromatic rings. The average molecular weight is 363 g/mol. The standard InChI is InChI=1S/C17H13N7O3/c1-26-12-4-6-19-13(7-12)14-9-27-17(21-14)22-16(25)15-23-20-10-24(15)11-3-2-5-18-8-11/h2-10H,1H3,(H,21,22,25). The molecule has 10 heteroatoms. The lowest BCUT2D eigenvalue weighted by molar-refractivity contribution is 0.101. The second-order valence-corrected chi connectivity index (χ2v) is 5.31. The molecule has 0 saturated carbocycles. The number of carbonyl (C=O) groups excluding carboxylic acids is 1. The number of hydrogen-bond donors (Lipinski definition) is 1. The molecule has 10 nitrogen and oxygen atoms in total. The number of aromatic nitrogens is 6. The SMILES string of the molecule is COc1ccnc(-c2coc(NC(=O)c3nncn3-c3cccnc3)n2)c1. The quantitative estimate of drug-likeness (QED) is 0.571. The van der Waals surface area contributed by atoms with Crippen molar-refractivity contribution < 1.29 is 13.9 Å². The van der Waals surface area contributed by atoms with Crippen LogP contribution in [0.5, 0.6) is 5.75 Å². The Morgan fingerprint density at radius 2 is 2.19 bits per heavy atom. The summed E-state index contributed by atoms with van der Waals surface area (Å²) in [7, 11) is 1.56. The van der Waals surface area contributed by atoms with Crippen LogP contribution in [0, 0.1) is 0 Å². The summed E-state index contributed by atoms with van der Waals surface area (Å²) in [6, 6.07) is 6.98. The van der Waals surface area contributed by atoms with Crippen LogP contribution in [0.2, 0.25) is 0 Å². The molecule has 0 saturated heterocycles.